The second kappa shape index (κ2) is 15.0. The third-order valence-electron chi connectivity index (χ3n) is 3.17. The molecule has 110 valence electrons. The van der Waals surface area contributed by atoms with Crippen molar-refractivity contribution < 1.29 is 9.53 Å². The molecule has 2 heteroatoms. The molecule has 0 amide bonds. The van der Waals surface area contributed by atoms with E-state index in [1.807, 2.05) is 6.08 Å². The fraction of sp³-hybridized carbons (Fsp3) is 0.706. The zero-order valence-electron chi connectivity index (χ0n) is 12.5. The normalized spacial score (nSPS) is 10.8. The van der Waals surface area contributed by atoms with Gasteiger partial charge in [-0.05, 0) is 18.9 Å². The first kappa shape index (κ1) is 17.9. The van der Waals surface area contributed by atoms with Crippen molar-refractivity contribution in [3.8, 4) is 0 Å². The van der Waals surface area contributed by atoms with Gasteiger partial charge in [0.25, 0.3) is 0 Å². The Morgan fingerprint density at radius 1 is 0.947 bits per heavy atom. The summed E-state index contributed by atoms with van der Waals surface area (Å²) in [4.78, 5) is 10.7. The molecule has 0 saturated carbocycles. The molecule has 0 atom stereocenters. The van der Waals surface area contributed by atoms with Crippen LogP contribution in [0.25, 0.3) is 0 Å². The van der Waals surface area contributed by atoms with E-state index in [4.69, 9.17) is 4.74 Å². The standard InChI is InChI=1S/C17H30O2/c1-3-5-6-7-8-9-10-11-12-13-14-15-16-19-17(18)4-2/h4,15-16H,2-3,5-14H2,1H3/b16-15+. The van der Waals surface area contributed by atoms with Gasteiger partial charge in [0, 0.05) is 6.08 Å². The minimum Gasteiger partial charge on any atom is -0.432 e. The van der Waals surface area contributed by atoms with Crippen LogP contribution in [0, 0.1) is 0 Å². The molecule has 19 heavy (non-hydrogen) atoms. The van der Waals surface area contributed by atoms with Crippen molar-refractivity contribution in [3.05, 3.63) is 25.0 Å². The number of esters is 1. The van der Waals surface area contributed by atoms with Crippen LogP contribution >= 0.6 is 0 Å². The summed E-state index contributed by atoms with van der Waals surface area (Å²) in [7, 11) is 0. The first-order valence-corrected chi connectivity index (χ1v) is 7.79. The number of allylic oxidation sites excluding steroid dienone is 1. The summed E-state index contributed by atoms with van der Waals surface area (Å²) in [6.45, 7) is 5.59. The molecule has 0 bridgehead atoms. The van der Waals surface area contributed by atoms with Crippen molar-refractivity contribution in [3.63, 3.8) is 0 Å². The average Bonchev–Trinajstić information content (AvgIpc) is 2.43. The fourth-order valence-corrected chi connectivity index (χ4v) is 1.98. The Morgan fingerprint density at radius 2 is 1.47 bits per heavy atom. The van der Waals surface area contributed by atoms with Crippen LogP contribution in [0.1, 0.15) is 77.6 Å². The highest BCUT2D eigenvalue weighted by Crippen LogP contribution is 2.11. The average molecular weight is 266 g/mol. The van der Waals surface area contributed by atoms with Crippen LogP contribution in [0.2, 0.25) is 0 Å². The Labute approximate surface area is 118 Å². The number of carbonyl (C=O) groups excluding carboxylic acids is 1. The molecule has 0 aromatic heterocycles. The maximum absolute atomic E-state index is 10.7. The van der Waals surface area contributed by atoms with Gasteiger partial charge < -0.3 is 4.74 Å². The lowest BCUT2D eigenvalue weighted by atomic mass is 10.1. The van der Waals surface area contributed by atoms with E-state index < -0.39 is 0 Å². The van der Waals surface area contributed by atoms with Gasteiger partial charge in [0.05, 0.1) is 6.26 Å². The summed E-state index contributed by atoms with van der Waals surface area (Å²) in [5, 5.41) is 0. The Morgan fingerprint density at radius 3 is 2.00 bits per heavy atom. The Bertz CT molecular complexity index is 244. The molecular formula is C17H30O2. The zero-order chi connectivity index (χ0) is 14.2. The van der Waals surface area contributed by atoms with E-state index in [0.29, 0.717) is 0 Å². The summed E-state index contributed by atoms with van der Waals surface area (Å²) < 4.78 is 4.75. The Balaban J connectivity index is 3.10. The summed E-state index contributed by atoms with van der Waals surface area (Å²) in [5.41, 5.74) is 0. The van der Waals surface area contributed by atoms with E-state index in [2.05, 4.69) is 13.5 Å². The van der Waals surface area contributed by atoms with E-state index >= 15 is 0 Å². The third-order valence-corrected chi connectivity index (χ3v) is 3.17. The first-order valence-electron chi connectivity index (χ1n) is 7.79. The molecule has 0 N–H and O–H groups in total. The summed E-state index contributed by atoms with van der Waals surface area (Å²) >= 11 is 0. The highest BCUT2D eigenvalue weighted by molar-refractivity contribution is 5.81. The molecule has 0 aromatic carbocycles. The van der Waals surface area contributed by atoms with Crippen LogP contribution in [-0.2, 0) is 9.53 Å². The quantitative estimate of drug-likeness (QED) is 0.189. The van der Waals surface area contributed by atoms with Crippen molar-refractivity contribution in [1.82, 2.24) is 0 Å². The Kier molecular flexibility index (Phi) is 14.2. The van der Waals surface area contributed by atoms with Gasteiger partial charge in [0.2, 0.25) is 0 Å². The number of unbranched alkanes of at least 4 members (excludes halogenated alkanes) is 10. The minimum absolute atomic E-state index is 0.390. The number of carbonyl (C=O) groups is 1. The lowest BCUT2D eigenvalue weighted by molar-refractivity contribution is -0.132. The maximum Gasteiger partial charge on any atom is 0.334 e. The van der Waals surface area contributed by atoms with Crippen molar-refractivity contribution in [2.45, 2.75) is 77.6 Å². The molecule has 0 heterocycles. The molecular weight excluding hydrogens is 236 g/mol. The summed E-state index contributed by atoms with van der Waals surface area (Å²) in [6.07, 6.45) is 19.0. The third kappa shape index (κ3) is 14.9. The molecule has 0 saturated heterocycles. The number of hydrogen-bond acceptors (Lipinski definition) is 2. The zero-order valence-corrected chi connectivity index (χ0v) is 12.5. The van der Waals surface area contributed by atoms with Crippen LogP contribution in [0.15, 0.2) is 25.0 Å². The lowest BCUT2D eigenvalue weighted by Gasteiger charge is -2.01. The molecule has 0 aliphatic heterocycles. The van der Waals surface area contributed by atoms with Crippen LogP contribution in [0.3, 0.4) is 0 Å². The van der Waals surface area contributed by atoms with Crippen LogP contribution in [0.4, 0.5) is 0 Å². The largest absolute Gasteiger partial charge is 0.432 e. The van der Waals surface area contributed by atoms with Crippen molar-refractivity contribution in [2.75, 3.05) is 0 Å². The number of rotatable bonds is 13. The van der Waals surface area contributed by atoms with E-state index in [-0.39, 0.29) is 5.97 Å². The van der Waals surface area contributed by atoms with E-state index in [9.17, 15) is 4.79 Å². The first-order chi connectivity index (χ1) is 9.31. The second-order valence-corrected chi connectivity index (χ2v) is 4.98. The molecule has 0 fully saturated rings. The van der Waals surface area contributed by atoms with Gasteiger partial charge in [-0.25, -0.2) is 4.79 Å². The van der Waals surface area contributed by atoms with Crippen LogP contribution in [-0.4, -0.2) is 5.97 Å². The van der Waals surface area contributed by atoms with Gasteiger partial charge in [-0.15, -0.1) is 0 Å². The second-order valence-electron chi connectivity index (χ2n) is 4.98. The topological polar surface area (TPSA) is 26.3 Å². The van der Waals surface area contributed by atoms with Crippen molar-refractivity contribution >= 4 is 5.97 Å². The summed E-state index contributed by atoms with van der Waals surface area (Å²) in [6, 6.07) is 0. The smallest absolute Gasteiger partial charge is 0.334 e. The van der Waals surface area contributed by atoms with E-state index in [1.54, 1.807) is 0 Å². The van der Waals surface area contributed by atoms with Gasteiger partial charge in [-0.2, -0.15) is 0 Å². The maximum atomic E-state index is 10.7. The SMILES string of the molecule is C=CC(=O)O/C=C/CCCCCCCCCCCC. The number of hydrogen-bond donors (Lipinski definition) is 0. The van der Waals surface area contributed by atoms with E-state index in [1.165, 1.54) is 76.5 Å². The highest BCUT2D eigenvalue weighted by atomic mass is 16.5. The molecule has 2 nitrogen and oxygen atoms in total. The molecule has 0 aliphatic rings. The molecule has 0 unspecified atom stereocenters. The molecule has 0 radical (unpaired) electrons. The molecule has 0 aliphatic carbocycles. The van der Waals surface area contributed by atoms with E-state index in [0.717, 1.165) is 6.42 Å². The fourth-order valence-electron chi connectivity index (χ4n) is 1.98. The van der Waals surface area contributed by atoms with Gasteiger partial charge in [0.15, 0.2) is 0 Å². The summed E-state index contributed by atoms with van der Waals surface area (Å²) in [5.74, 6) is -0.390. The van der Waals surface area contributed by atoms with Crippen LogP contribution < -0.4 is 0 Å². The van der Waals surface area contributed by atoms with Crippen molar-refractivity contribution in [1.29, 1.82) is 0 Å². The highest BCUT2D eigenvalue weighted by Gasteiger charge is 1.92. The van der Waals surface area contributed by atoms with Gasteiger partial charge >= 0.3 is 5.97 Å². The molecule has 0 rings (SSSR count). The molecule has 0 spiro atoms. The minimum atomic E-state index is -0.390. The predicted octanol–water partition coefficient (Wildman–Crippen LogP) is 5.54. The monoisotopic (exact) mass is 266 g/mol. The number of ether oxygens (including phenoxy) is 1. The van der Waals surface area contributed by atoms with Gasteiger partial charge in [0.1, 0.15) is 0 Å². The predicted molar refractivity (Wildman–Crippen MR) is 81.9 cm³/mol. The molecule has 0 aromatic rings. The Hall–Kier alpha value is -1.05. The van der Waals surface area contributed by atoms with Gasteiger partial charge in [-0.1, -0.05) is 71.3 Å². The van der Waals surface area contributed by atoms with Crippen molar-refractivity contribution in [2.24, 2.45) is 0 Å². The van der Waals surface area contributed by atoms with Gasteiger partial charge in [-0.3, -0.25) is 0 Å². The lowest BCUT2D eigenvalue weighted by Crippen LogP contribution is -1.91. The van der Waals surface area contributed by atoms with Crippen LogP contribution in [0.5, 0.6) is 0 Å².